The number of nitro benzene ring substituents is 1. The fraction of sp³-hybridized carbons (Fsp3) is 0.455. The molecule has 0 aliphatic rings. The Morgan fingerprint density at radius 3 is 2.88 bits per heavy atom. The summed E-state index contributed by atoms with van der Waals surface area (Å²) in [4.78, 5) is 10.3. The SMILES string of the molecule is CC(O)CCCNc1ccc(Cl)cc1[N+](=O)[O-]. The predicted octanol–water partition coefficient (Wildman–Crippen LogP) is 2.82. The lowest BCUT2D eigenvalue weighted by Gasteiger charge is -2.08. The highest BCUT2D eigenvalue weighted by Gasteiger charge is 2.13. The second-order valence-corrected chi connectivity index (χ2v) is 4.27. The largest absolute Gasteiger partial charge is 0.393 e. The van der Waals surface area contributed by atoms with Crippen LogP contribution in [0.5, 0.6) is 0 Å². The first-order chi connectivity index (χ1) is 8.00. The van der Waals surface area contributed by atoms with E-state index in [1.54, 1.807) is 19.1 Å². The molecule has 0 bridgehead atoms. The summed E-state index contributed by atoms with van der Waals surface area (Å²) >= 11 is 5.70. The van der Waals surface area contributed by atoms with Gasteiger partial charge in [0.2, 0.25) is 0 Å². The van der Waals surface area contributed by atoms with Gasteiger partial charge in [0.05, 0.1) is 11.0 Å². The van der Waals surface area contributed by atoms with Crippen molar-refractivity contribution >= 4 is 23.0 Å². The molecule has 0 fully saturated rings. The summed E-state index contributed by atoms with van der Waals surface area (Å²) in [5, 5.41) is 23.2. The quantitative estimate of drug-likeness (QED) is 0.467. The van der Waals surface area contributed by atoms with Crippen molar-refractivity contribution in [3.8, 4) is 0 Å². The molecule has 2 N–H and O–H groups in total. The van der Waals surface area contributed by atoms with Crippen molar-refractivity contribution in [3.05, 3.63) is 33.3 Å². The van der Waals surface area contributed by atoms with Gasteiger partial charge in [-0.25, -0.2) is 0 Å². The molecule has 1 atom stereocenters. The van der Waals surface area contributed by atoms with Crippen molar-refractivity contribution < 1.29 is 10.0 Å². The van der Waals surface area contributed by atoms with Crippen molar-refractivity contribution in [2.75, 3.05) is 11.9 Å². The van der Waals surface area contributed by atoms with E-state index >= 15 is 0 Å². The van der Waals surface area contributed by atoms with Gasteiger partial charge in [0.25, 0.3) is 5.69 Å². The van der Waals surface area contributed by atoms with Crippen LogP contribution in [0.3, 0.4) is 0 Å². The van der Waals surface area contributed by atoms with E-state index in [0.717, 1.165) is 6.42 Å². The van der Waals surface area contributed by atoms with Crippen molar-refractivity contribution in [3.63, 3.8) is 0 Å². The Morgan fingerprint density at radius 1 is 1.59 bits per heavy atom. The fourth-order valence-electron chi connectivity index (χ4n) is 1.43. The Kier molecular flexibility index (Phi) is 5.18. The second kappa shape index (κ2) is 6.42. The molecule has 0 heterocycles. The van der Waals surface area contributed by atoms with Gasteiger partial charge in [-0.15, -0.1) is 0 Å². The molecule has 0 amide bonds. The van der Waals surface area contributed by atoms with Crippen LogP contribution < -0.4 is 5.32 Å². The first-order valence-electron chi connectivity index (χ1n) is 5.36. The Morgan fingerprint density at radius 2 is 2.29 bits per heavy atom. The zero-order chi connectivity index (χ0) is 12.8. The number of nitrogens with one attached hydrogen (secondary N) is 1. The van der Waals surface area contributed by atoms with Crippen LogP contribution in [0.2, 0.25) is 5.02 Å². The van der Waals surface area contributed by atoms with Crippen LogP contribution in [0.1, 0.15) is 19.8 Å². The number of hydrogen-bond donors (Lipinski definition) is 2. The molecular formula is C11H15ClN2O3. The molecule has 0 aliphatic heterocycles. The average molecular weight is 259 g/mol. The highest BCUT2D eigenvalue weighted by atomic mass is 35.5. The van der Waals surface area contributed by atoms with E-state index in [9.17, 15) is 10.1 Å². The van der Waals surface area contributed by atoms with Gasteiger partial charge in [-0.1, -0.05) is 11.6 Å². The minimum atomic E-state index is -0.469. The monoisotopic (exact) mass is 258 g/mol. The molecule has 0 aromatic heterocycles. The molecule has 5 nitrogen and oxygen atoms in total. The smallest absolute Gasteiger partial charge is 0.293 e. The van der Waals surface area contributed by atoms with Crippen molar-refractivity contribution in [2.45, 2.75) is 25.9 Å². The number of nitrogens with zero attached hydrogens (tertiary/aromatic N) is 1. The van der Waals surface area contributed by atoms with Crippen LogP contribution in [0.25, 0.3) is 0 Å². The van der Waals surface area contributed by atoms with Crippen LogP contribution in [0.15, 0.2) is 18.2 Å². The van der Waals surface area contributed by atoms with Gasteiger partial charge >= 0.3 is 0 Å². The standard InChI is InChI=1S/C11H15ClN2O3/c1-8(15)3-2-6-13-10-5-4-9(12)7-11(10)14(16)17/h4-5,7-8,13,15H,2-3,6H2,1H3. The van der Waals surface area contributed by atoms with Crippen LogP contribution >= 0.6 is 11.6 Å². The van der Waals surface area contributed by atoms with Crippen molar-refractivity contribution in [1.29, 1.82) is 0 Å². The number of aliphatic hydroxyl groups excluding tert-OH is 1. The maximum Gasteiger partial charge on any atom is 0.293 e. The normalized spacial score (nSPS) is 12.2. The summed E-state index contributed by atoms with van der Waals surface area (Å²) in [5.74, 6) is 0. The van der Waals surface area contributed by atoms with Crippen molar-refractivity contribution in [1.82, 2.24) is 0 Å². The number of aliphatic hydroxyl groups is 1. The second-order valence-electron chi connectivity index (χ2n) is 3.84. The van der Waals surface area contributed by atoms with E-state index in [4.69, 9.17) is 16.7 Å². The molecular weight excluding hydrogens is 244 g/mol. The lowest BCUT2D eigenvalue weighted by atomic mass is 10.2. The summed E-state index contributed by atoms with van der Waals surface area (Å²) in [7, 11) is 0. The average Bonchev–Trinajstić information content (AvgIpc) is 2.25. The van der Waals surface area contributed by atoms with E-state index < -0.39 is 4.92 Å². The zero-order valence-electron chi connectivity index (χ0n) is 9.52. The predicted molar refractivity (Wildman–Crippen MR) is 67.5 cm³/mol. The molecule has 94 valence electrons. The fourth-order valence-corrected chi connectivity index (χ4v) is 1.59. The van der Waals surface area contributed by atoms with Crippen LogP contribution in [0.4, 0.5) is 11.4 Å². The van der Waals surface area contributed by atoms with Gasteiger partial charge in [-0.2, -0.15) is 0 Å². The highest BCUT2D eigenvalue weighted by Crippen LogP contribution is 2.27. The molecule has 0 aliphatic carbocycles. The Hall–Kier alpha value is -1.33. The maximum atomic E-state index is 10.8. The summed E-state index contributed by atoms with van der Waals surface area (Å²) in [6, 6.07) is 4.51. The molecule has 1 rings (SSSR count). The Bertz CT molecular complexity index is 396. The van der Waals surface area contributed by atoms with E-state index in [1.807, 2.05) is 0 Å². The van der Waals surface area contributed by atoms with Gasteiger partial charge in [0.1, 0.15) is 5.69 Å². The Labute approximate surface area is 105 Å². The minimum Gasteiger partial charge on any atom is -0.393 e. The summed E-state index contributed by atoms with van der Waals surface area (Å²) in [6.07, 6.45) is 1.06. The van der Waals surface area contributed by atoms with Gasteiger partial charge < -0.3 is 10.4 Å². The number of hydrogen-bond acceptors (Lipinski definition) is 4. The topological polar surface area (TPSA) is 75.4 Å². The first-order valence-corrected chi connectivity index (χ1v) is 5.74. The van der Waals surface area contributed by atoms with E-state index in [0.29, 0.717) is 23.7 Å². The van der Waals surface area contributed by atoms with E-state index in [1.165, 1.54) is 6.07 Å². The van der Waals surface area contributed by atoms with Gasteiger partial charge in [0.15, 0.2) is 0 Å². The number of rotatable bonds is 6. The molecule has 17 heavy (non-hydrogen) atoms. The van der Waals surface area contributed by atoms with Gasteiger partial charge in [-0.3, -0.25) is 10.1 Å². The van der Waals surface area contributed by atoms with Crippen LogP contribution in [-0.2, 0) is 0 Å². The molecule has 0 spiro atoms. The summed E-state index contributed by atoms with van der Waals surface area (Å²) < 4.78 is 0. The zero-order valence-corrected chi connectivity index (χ0v) is 10.3. The number of nitro groups is 1. The lowest BCUT2D eigenvalue weighted by Crippen LogP contribution is -2.07. The van der Waals surface area contributed by atoms with Gasteiger partial charge in [-0.05, 0) is 31.9 Å². The third-order valence-electron chi connectivity index (χ3n) is 2.27. The first kappa shape index (κ1) is 13.7. The number of benzene rings is 1. The molecule has 1 unspecified atom stereocenters. The number of anilines is 1. The highest BCUT2D eigenvalue weighted by molar-refractivity contribution is 6.30. The summed E-state index contributed by atoms with van der Waals surface area (Å²) in [5.41, 5.74) is 0.416. The molecule has 6 heteroatoms. The molecule has 0 saturated carbocycles. The third kappa shape index (κ3) is 4.58. The van der Waals surface area contributed by atoms with Crippen molar-refractivity contribution in [2.24, 2.45) is 0 Å². The Balaban J connectivity index is 2.61. The minimum absolute atomic E-state index is 0.0328. The summed E-state index contributed by atoms with van der Waals surface area (Å²) in [6.45, 7) is 2.29. The van der Waals surface area contributed by atoms with Crippen LogP contribution in [0, 0.1) is 10.1 Å². The molecule has 1 aromatic carbocycles. The number of halogens is 1. The lowest BCUT2D eigenvalue weighted by molar-refractivity contribution is -0.383. The van der Waals surface area contributed by atoms with Crippen LogP contribution in [-0.4, -0.2) is 22.7 Å². The van der Waals surface area contributed by atoms with E-state index in [2.05, 4.69) is 5.32 Å². The third-order valence-corrected chi connectivity index (χ3v) is 2.51. The van der Waals surface area contributed by atoms with Gasteiger partial charge in [0, 0.05) is 17.6 Å². The molecule has 1 aromatic rings. The van der Waals surface area contributed by atoms with E-state index in [-0.39, 0.29) is 11.8 Å². The maximum absolute atomic E-state index is 10.8. The molecule has 0 saturated heterocycles. The molecule has 0 radical (unpaired) electrons.